The van der Waals surface area contributed by atoms with Crippen molar-refractivity contribution in [1.29, 1.82) is 0 Å². The van der Waals surface area contributed by atoms with Gasteiger partial charge in [-0.3, -0.25) is 9.58 Å². The minimum absolute atomic E-state index is 0.376. The van der Waals surface area contributed by atoms with E-state index in [1.807, 2.05) is 37.0 Å². The lowest BCUT2D eigenvalue weighted by atomic mass is 9.97. The summed E-state index contributed by atoms with van der Waals surface area (Å²) in [6, 6.07) is 3.96. The van der Waals surface area contributed by atoms with E-state index < -0.39 is 0 Å². The molecule has 5 heteroatoms. The van der Waals surface area contributed by atoms with Crippen LogP contribution in [0.2, 0.25) is 0 Å². The van der Waals surface area contributed by atoms with Crippen LogP contribution in [0.25, 0.3) is 0 Å². The summed E-state index contributed by atoms with van der Waals surface area (Å²) in [6.07, 6.45) is 3.70. The standard InChI is InChI=1S/C15H21N3O2/c1-3-19-11-13-9-18(10-14-5-4-6-20-14)8-12-7-16-17(2)15(12)13/h4-7,13H,3,8-11H2,1-2H3/t13-/m1/s1. The number of aryl methyl sites for hydroxylation is 1. The van der Waals surface area contributed by atoms with Gasteiger partial charge in [0.1, 0.15) is 5.76 Å². The van der Waals surface area contributed by atoms with Gasteiger partial charge >= 0.3 is 0 Å². The Morgan fingerprint density at radius 2 is 2.40 bits per heavy atom. The number of ether oxygens (including phenoxy) is 1. The van der Waals surface area contributed by atoms with Gasteiger partial charge in [0.2, 0.25) is 0 Å². The second kappa shape index (κ2) is 5.81. The predicted molar refractivity (Wildman–Crippen MR) is 75.3 cm³/mol. The number of hydrogen-bond donors (Lipinski definition) is 0. The lowest BCUT2D eigenvalue weighted by Gasteiger charge is -2.32. The van der Waals surface area contributed by atoms with E-state index >= 15 is 0 Å². The van der Waals surface area contributed by atoms with Crippen LogP contribution in [0, 0.1) is 0 Å². The fourth-order valence-electron chi connectivity index (χ4n) is 2.98. The summed E-state index contributed by atoms with van der Waals surface area (Å²) >= 11 is 0. The molecule has 0 radical (unpaired) electrons. The van der Waals surface area contributed by atoms with E-state index in [4.69, 9.17) is 9.15 Å². The first-order chi connectivity index (χ1) is 9.78. The first kappa shape index (κ1) is 13.4. The van der Waals surface area contributed by atoms with Crippen LogP contribution in [-0.4, -0.2) is 34.4 Å². The molecule has 0 saturated carbocycles. The zero-order valence-corrected chi connectivity index (χ0v) is 12.1. The first-order valence-corrected chi connectivity index (χ1v) is 7.11. The van der Waals surface area contributed by atoms with Crippen LogP contribution in [0.15, 0.2) is 29.0 Å². The van der Waals surface area contributed by atoms with Gasteiger partial charge in [0.05, 0.1) is 25.6 Å². The Morgan fingerprint density at radius 1 is 1.50 bits per heavy atom. The molecule has 0 saturated heterocycles. The summed E-state index contributed by atoms with van der Waals surface area (Å²) in [5.41, 5.74) is 2.61. The fourth-order valence-corrected chi connectivity index (χ4v) is 2.98. The molecule has 0 spiro atoms. The molecule has 0 amide bonds. The number of fused-ring (bicyclic) bond motifs is 1. The van der Waals surface area contributed by atoms with Gasteiger partial charge in [-0.05, 0) is 19.1 Å². The van der Waals surface area contributed by atoms with E-state index in [-0.39, 0.29) is 0 Å². The third-order valence-electron chi connectivity index (χ3n) is 3.81. The Morgan fingerprint density at radius 3 is 3.15 bits per heavy atom. The molecule has 1 aliphatic heterocycles. The summed E-state index contributed by atoms with van der Waals surface area (Å²) in [5.74, 6) is 1.38. The monoisotopic (exact) mass is 275 g/mol. The lowest BCUT2D eigenvalue weighted by Crippen LogP contribution is -2.35. The minimum Gasteiger partial charge on any atom is -0.468 e. The average molecular weight is 275 g/mol. The molecule has 3 heterocycles. The Balaban J connectivity index is 1.77. The van der Waals surface area contributed by atoms with Gasteiger partial charge in [0, 0.05) is 43.9 Å². The molecule has 5 nitrogen and oxygen atoms in total. The highest BCUT2D eigenvalue weighted by Gasteiger charge is 2.29. The quantitative estimate of drug-likeness (QED) is 0.838. The van der Waals surface area contributed by atoms with Crippen molar-refractivity contribution in [3.63, 3.8) is 0 Å². The van der Waals surface area contributed by atoms with Gasteiger partial charge in [-0.1, -0.05) is 0 Å². The molecular weight excluding hydrogens is 254 g/mol. The summed E-state index contributed by atoms with van der Waals surface area (Å²) in [5, 5.41) is 4.40. The number of rotatable bonds is 5. The minimum atomic E-state index is 0.376. The molecule has 2 aromatic heterocycles. The number of aromatic nitrogens is 2. The maximum Gasteiger partial charge on any atom is 0.117 e. The Kier molecular flexibility index (Phi) is 3.89. The van der Waals surface area contributed by atoms with E-state index in [1.54, 1.807) is 6.26 Å². The lowest BCUT2D eigenvalue weighted by molar-refractivity contribution is 0.100. The molecule has 0 fully saturated rings. The molecule has 0 aliphatic carbocycles. The largest absolute Gasteiger partial charge is 0.468 e. The van der Waals surface area contributed by atoms with Gasteiger partial charge in [0.15, 0.2) is 0 Å². The molecule has 20 heavy (non-hydrogen) atoms. The summed E-state index contributed by atoms with van der Waals surface area (Å²) in [7, 11) is 2.01. The molecule has 108 valence electrons. The van der Waals surface area contributed by atoms with E-state index in [1.165, 1.54) is 11.3 Å². The molecule has 1 atom stereocenters. The second-order valence-corrected chi connectivity index (χ2v) is 5.28. The third kappa shape index (κ3) is 2.64. The maximum atomic E-state index is 5.65. The predicted octanol–water partition coefficient (Wildman–Crippen LogP) is 2.15. The van der Waals surface area contributed by atoms with Crippen LogP contribution in [-0.2, 0) is 24.9 Å². The van der Waals surface area contributed by atoms with Crippen molar-refractivity contribution in [2.75, 3.05) is 19.8 Å². The molecule has 3 rings (SSSR count). The molecule has 0 aromatic carbocycles. The van der Waals surface area contributed by atoms with E-state index in [2.05, 4.69) is 10.00 Å². The SMILES string of the molecule is CCOC[C@H]1CN(Cc2ccco2)Cc2cnn(C)c21. The Labute approximate surface area is 119 Å². The van der Waals surface area contributed by atoms with Gasteiger partial charge in [0.25, 0.3) is 0 Å². The van der Waals surface area contributed by atoms with Crippen molar-refractivity contribution in [3.8, 4) is 0 Å². The zero-order valence-electron chi connectivity index (χ0n) is 12.1. The summed E-state index contributed by atoms with van der Waals surface area (Å²) < 4.78 is 13.1. The molecule has 2 aromatic rings. The van der Waals surface area contributed by atoms with Gasteiger partial charge < -0.3 is 9.15 Å². The smallest absolute Gasteiger partial charge is 0.117 e. The number of nitrogens with zero attached hydrogens (tertiary/aromatic N) is 3. The van der Waals surface area contributed by atoms with Crippen LogP contribution in [0.5, 0.6) is 0 Å². The van der Waals surface area contributed by atoms with Crippen LogP contribution in [0.1, 0.15) is 29.9 Å². The highest BCUT2D eigenvalue weighted by atomic mass is 16.5. The average Bonchev–Trinajstić information content (AvgIpc) is 3.07. The first-order valence-electron chi connectivity index (χ1n) is 7.11. The normalized spacial score (nSPS) is 19.2. The highest BCUT2D eigenvalue weighted by Crippen LogP contribution is 2.29. The topological polar surface area (TPSA) is 43.4 Å². The van der Waals surface area contributed by atoms with Crippen LogP contribution in [0.3, 0.4) is 0 Å². The highest BCUT2D eigenvalue weighted by molar-refractivity contribution is 5.25. The molecule has 0 unspecified atom stereocenters. The van der Waals surface area contributed by atoms with Crippen LogP contribution >= 0.6 is 0 Å². The van der Waals surface area contributed by atoms with Crippen molar-refractivity contribution in [1.82, 2.24) is 14.7 Å². The molecular formula is C15H21N3O2. The van der Waals surface area contributed by atoms with Crippen molar-refractivity contribution < 1.29 is 9.15 Å². The number of furan rings is 1. The van der Waals surface area contributed by atoms with E-state index in [0.717, 1.165) is 38.6 Å². The van der Waals surface area contributed by atoms with Crippen molar-refractivity contribution in [3.05, 3.63) is 41.6 Å². The van der Waals surface area contributed by atoms with Crippen molar-refractivity contribution in [2.24, 2.45) is 7.05 Å². The van der Waals surface area contributed by atoms with Gasteiger partial charge in [-0.15, -0.1) is 0 Å². The second-order valence-electron chi connectivity index (χ2n) is 5.28. The van der Waals surface area contributed by atoms with Gasteiger partial charge in [-0.2, -0.15) is 5.10 Å². The van der Waals surface area contributed by atoms with Crippen LogP contribution in [0.4, 0.5) is 0 Å². The molecule has 0 bridgehead atoms. The Hall–Kier alpha value is -1.59. The summed E-state index contributed by atoms with van der Waals surface area (Å²) in [6.45, 7) is 6.27. The van der Waals surface area contributed by atoms with E-state index in [0.29, 0.717) is 5.92 Å². The zero-order chi connectivity index (χ0) is 13.9. The Bertz CT molecular complexity index is 547. The molecule has 1 aliphatic rings. The van der Waals surface area contributed by atoms with E-state index in [9.17, 15) is 0 Å². The molecule has 0 N–H and O–H groups in total. The third-order valence-corrected chi connectivity index (χ3v) is 3.81. The maximum absolute atomic E-state index is 5.65. The fraction of sp³-hybridized carbons (Fsp3) is 0.533. The van der Waals surface area contributed by atoms with Crippen molar-refractivity contribution >= 4 is 0 Å². The van der Waals surface area contributed by atoms with Crippen molar-refractivity contribution in [2.45, 2.75) is 25.9 Å². The van der Waals surface area contributed by atoms with Gasteiger partial charge in [-0.25, -0.2) is 0 Å². The van der Waals surface area contributed by atoms with Crippen LogP contribution < -0.4 is 0 Å². The summed E-state index contributed by atoms with van der Waals surface area (Å²) in [4.78, 5) is 2.40. The number of hydrogen-bond acceptors (Lipinski definition) is 4.